The molecule has 0 bridgehead atoms. The lowest BCUT2D eigenvalue weighted by Gasteiger charge is -2.49. The Morgan fingerprint density at radius 2 is 1.95 bits per heavy atom. The smallest absolute Gasteiger partial charge is 0.0429 e. The monoisotopic (exact) mass is 299 g/mol. The van der Waals surface area contributed by atoms with E-state index < -0.39 is 0 Å². The molecule has 1 unspecified atom stereocenters. The van der Waals surface area contributed by atoms with Crippen molar-refractivity contribution in [1.82, 2.24) is 5.32 Å². The van der Waals surface area contributed by atoms with E-state index in [2.05, 4.69) is 60.9 Å². The molecule has 1 aromatic carbocycles. The zero-order valence-electron chi connectivity index (χ0n) is 13.1. The molecule has 0 spiro atoms. The lowest BCUT2D eigenvalue weighted by molar-refractivity contribution is 0.169. The summed E-state index contributed by atoms with van der Waals surface area (Å²) in [5, 5.41) is 6.10. The van der Waals surface area contributed by atoms with Gasteiger partial charge in [0.05, 0.1) is 0 Å². The Morgan fingerprint density at radius 3 is 2.48 bits per heavy atom. The molecule has 2 aromatic rings. The van der Waals surface area contributed by atoms with Crippen molar-refractivity contribution in [3.63, 3.8) is 0 Å². The number of aryl methyl sites for hydroxylation is 1. The summed E-state index contributed by atoms with van der Waals surface area (Å²) in [4.78, 5) is 1.46. The molecule has 1 nitrogen and oxygen atoms in total. The number of nitrogens with one attached hydrogen (secondary N) is 1. The quantitative estimate of drug-likeness (QED) is 0.771. The van der Waals surface area contributed by atoms with Gasteiger partial charge in [-0.1, -0.05) is 43.7 Å². The predicted molar refractivity (Wildman–Crippen MR) is 92.1 cm³/mol. The standard InChI is InChI=1S/C19H25NS/c1-3-13-20-18(17-10-14-21-15(17)2)19(11-7-12-19)16-8-5-4-6-9-16/h4-6,8-10,14,18,20H,3,7,11-13H2,1-2H3. The lowest BCUT2D eigenvalue weighted by atomic mass is 9.58. The maximum atomic E-state index is 3.86. The number of thiophene rings is 1. The summed E-state index contributed by atoms with van der Waals surface area (Å²) in [6.07, 6.45) is 5.13. The van der Waals surface area contributed by atoms with E-state index >= 15 is 0 Å². The molecule has 1 aliphatic carbocycles. The van der Waals surface area contributed by atoms with Crippen molar-refractivity contribution in [3.8, 4) is 0 Å². The molecule has 0 radical (unpaired) electrons. The van der Waals surface area contributed by atoms with Crippen LogP contribution in [0.25, 0.3) is 0 Å². The molecule has 21 heavy (non-hydrogen) atoms. The Balaban J connectivity index is 2.00. The highest BCUT2D eigenvalue weighted by atomic mass is 32.1. The lowest BCUT2D eigenvalue weighted by Crippen LogP contribution is -2.47. The van der Waals surface area contributed by atoms with E-state index in [1.807, 2.05) is 11.3 Å². The van der Waals surface area contributed by atoms with Crippen LogP contribution in [0.1, 0.15) is 54.7 Å². The van der Waals surface area contributed by atoms with E-state index in [0.717, 1.165) is 6.54 Å². The van der Waals surface area contributed by atoms with Crippen LogP contribution in [0.4, 0.5) is 0 Å². The summed E-state index contributed by atoms with van der Waals surface area (Å²) < 4.78 is 0. The van der Waals surface area contributed by atoms with Crippen LogP contribution in [-0.4, -0.2) is 6.54 Å². The molecule has 1 fully saturated rings. The second-order valence-electron chi connectivity index (χ2n) is 6.19. The van der Waals surface area contributed by atoms with Crippen LogP contribution in [0.5, 0.6) is 0 Å². The summed E-state index contributed by atoms with van der Waals surface area (Å²) in [6.45, 7) is 5.60. The minimum atomic E-state index is 0.294. The third-order valence-electron chi connectivity index (χ3n) is 4.96. The van der Waals surface area contributed by atoms with E-state index in [9.17, 15) is 0 Å². The van der Waals surface area contributed by atoms with Crippen molar-refractivity contribution in [1.29, 1.82) is 0 Å². The third-order valence-corrected chi connectivity index (χ3v) is 5.82. The maximum Gasteiger partial charge on any atom is 0.0429 e. The van der Waals surface area contributed by atoms with Crippen LogP contribution in [0.2, 0.25) is 0 Å². The second kappa shape index (κ2) is 6.33. The highest BCUT2D eigenvalue weighted by molar-refractivity contribution is 7.10. The number of hydrogen-bond acceptors (Lipinski definition) is 2. The Labute approximate surface area is 132 Å². The van der Waals surface area contributed by atoms with Gasteiger partial charge in [-0.25, -0.2) is 0 Å². The first-order valence-corrected chi connectivity index (χ1v) is 8.99. The van der Waals surface area contributed by atoms with Gasteiger partial charge in [0.15, 0.2) is 0 Å². The summed E-state index contributed by atoms with van der Waals surface area (Å²) >= 11 is 1.87. The molecule has 0 saturated heterocycles. The highest BCUT2D eigenvalue weighted by Gasteiger charge is 2.46. The van der Waals surface area contributed by atoms with Gasteiger partial charge in [-0.15, -0.1) is 11.3 Å². The second-order valence-corrected chi connectivity index (χ2v) is 7.32. The first-order valence-electron chi connectivity index (χ1n) is 8.11. The fourth-order valence-electron chi connectivity index (χ4n) is 3.66. The number of hydrogen-bond donors (Lipinski definition) is 1. The van der Waals surface area contributed by atoms with Crippen LogP contribution in [0.15, 0.2) is 41.8 Å². The molecule has 0 amide bonds. The van der Waals surface area contributed by atoms with Gasteiger partial charge >= 0.3 is 0 Å². The molecule has 2 heteroatoms. The van der Waals surface area contributed by atoms with E-state index in [1.165, 1.54) is 41.7 Å². The highest BCUT2D eigenvalue weighted by Crippen LogP contribution is 2.52. The van der Waals surface area contributed by atoms with Crippen molar-refractivity contribution >= 4 is 11.3 Å². The molecule has 1 aromatic heterocycles. The normalized spacial score (nSPS) is 18.2. The van der Waals surface area contributed by atoms with Gasteiger partial charge in [-0.05, 0) is 55.3 Å². The minimum absolute atomic E-state index is 0.294. The van der Waals surface area contributed by atoms with Crippen molar-refractivity contribution in [2.45, 2.75) is 51.0 Å². The van der Waals surface area contributed by atoms with E-state index in [-0.39, 0.29) is 0 Å². The fraction of sp³-hybridized carbons (Fsp3) is 0.474. The number of benzene rings is 1. The van der Waals surface area contributed by atoms with Gasteiger partial charge in [-0.2, -0.15) is 0 Å². The van der Waals surface area contributed by atoms with Crippen molar-refractivity contribution < 1.29 is 0 Å². The zero-order chi connectivity index (χ0) is 14.7. The molecule has 0 aliphatic heterocycles. The summed E-state index contributed by atoms with van der Waals surface area (Å²) in [7, 11) is 0. The van der Waals surface area contributed by atoms with Crippen LogP contribution in [0, 0.1) is 6.92 Å². The largest absolute Gasteiger partial charge is 0.309 e. The summed E-state index contributed by atoms with van der Waals surface area (Å²) in [6, 6.07) is 13.9. The number of rotatable bonds is 6. The molecular formula is C19H25NS. The first-order chi connectivity index (χ1) is 10.3. The maximum absolute atomic E-state index is 3.86. The van der Waals surface area contributed by atoms with Gasteiger partial charge in [0.25, 0.3) is 0 Å². The third kappa shape index (κ3) is 2.67. The van der Waals surface area contributed by atoms with Crippen LogP contribution in [0.3, 0.4) is 0 Å². The van der Waals surface area contributed by atoms with Crippen molar-refractivity contribution in [2.24, 2.45) is 0 Å². The zero-order valence-corrected chi connectivity index (χ0v) is 13.9. The molecule has 1 atom stereocenters. The minimum Gasteiger partial charge on any atom is -0.309 e. The Kier molecular flexibility index (Phi) is 4.46. The Bertz CT molecular complexity index is 568. The predicted octanol–water partition coefficient (Wildman–Crippen LogP) is 5.22. The summed E-state index contributed by atoms with van der Waals surface area (Å²) in [5.41, 5.74) is 3.31. The van der Waals surface area contributed by atoms with Crippen molar-refractivity contribution in [3.05, 3.63) is 57.8 Å². The molecule has 1 heterocycles. The van der Waals surface area contributed by atoms with Gasteiger partial charge in [0, 0.05) is 16.3 Å². The Morgan fingerprint density at radius 1 is 1.19 bits per heavy atom. The molecule has 112 valence electrons. The first kappa shape index (κ1) is 14.8. The molecular weight excluding hydrogens is 274 g/mol. The van der Waals surface area contributed by atoms with E-state index in [1.54, 1.807) is 0 Å². The SMILES string of the molecule is CCCNC(c1ccsc1C)C1(c2ccccc2)CCC1. The van der Waals surface area contributed by atoms with Gasteiger partial charge in [-0.3, -0.25) is 0 Å². The van der Waals surface area contributed by atoms with E-state index in [0.29, 0.717) is 11.5 Å². The van der Waals surface area contributed by atoms with Gasteiger partial charge < -0.3 is 5.32 Å². The summed E-state index contributed by atoms with van der Waals surface area (Å²) in [5.74, 6) is 0. The fourth-order valence-corrected chi connectivity index (χ4v) is 4.40. The average Bonchev–Trinajstić information content (AvgIpc) is 2.88. The van der Waals surface area contributed by atoms with Crippen molar-refractivity contribution in [2.75, 3.05) is 6.54 Å². The van der Waals surface area contributed by atoms with Gasteiger partial charge in [0.2, 0.25) is 0 Å². The van der Waals surface area contributed by atoms with Gasteiger partial charge in [0.1, 0.15) is 0 Å². The molecule has 1 saturated carbocycles. The van der Waals surface area contributed by atoms with Crippen LogP contribution in [-0.2, 0) is 5.41 Å². The molecule has 1 N–H and O–H groups in total. The average molecular weight is 299 g/mol. The molecule has 1 aliphatic rings. The molecule has 3 rings (SSSR count). The topological polar surface area (TPSA) is 12.0 Å². The Hall–Kier alpha value is -1.12. The van der Waals surface area contributed by atoms with Crippen LogP contribution < -0.4 is 5.32 Å². The van der Waals surface area contributed by atoms with E-state index in [4.69, 9.17) is 0 Å². The van der Waals surface area contributed by atoms with Crippen LogP contribution >= 0.6 is 11.3 Å².